The second-order valence-corrected chi connectivity index (χ2v) is 2.60. The Kier molecular flexibility index (Phi) is 3.47. The summed E-state index contributed by atoms with van der Waals surface area (Å²) in [6, 6.07) is 1.55. The SMILES string of the molecule is COc1cc(OC)nc(NC(C)O)n1. The minimum atomic E-state index is -0.730. The first-order chi connectivity index (χ1) is 6.65. The van der Waals surface area contributed by atoms with Gasteiger partial charge in [-0.1, -0.05) is 0 Å². The third-order valence-corrected chi connectivity index (χ3v) is 1.44. The van der Waals surface area contributed by atoms with E-state index in [2.05, 4.69) is 15.3 Å². The molecule has 1 aromatic heterocycles. The van der Waals surface area contributed by atoms with E-state index in [1.807, 2.05) is 0 Å². The van der Waals surface area contributed by atoms with E-state index in [9.17, 15) is 0 Å². The Hall–Kier alpha value is -1.56. The van der Waals surface area contributed by atoms with Crippen molar-refractivity contribution in [2.45, 2.75) is 13.2 Å². The van der Waals surface area contributed by atoms with Crippen LogP contribution >= 0.6 is 0 Å². The smallest absolute Gasteiger partial charge is 0.231 e. The Morgan fingerprint density at radius 1 is 1.29 bits per heavy atom. The molecule has 0 aliphatic carbocycles. The van der Waals surface area contributed by atoms with Gasteiger partial charge in [0.2, 0.25) is 17.7 Å². The fourth-order valence-corrected chi connectivity index (χ4v) is 0.864. The lowest BCUT2D eigenvalue weighted by Gasteiger charge is -2.09. The number of nitrogens with one attached hydrogen (secondary N) is 1. The summed E-state index contributed by atoms with van der Waals surface area (Å²) in [6.45, 7) is 1.56. The summed E-state index contributed by atoms with van der Waals surface area (Å²) in [5.41, 5.74) is 0. The Morgan fingerprint density at radius 3 is 2.14 bits per heavy atom. The zero-order valence-electron chi connectivity index (χ0n) is 8.31. The Bertz CT molecular complexity index is 282. The molecule has 0 aromatic carbocycles. The molecule has 6 heteroatoms. The van der Waals surface area contributed by atoms with Gasteiger partial charge < -0.3 is 19.9 Å². The van der Waals surface area contributed by atoms with Gasteiger partial charge in [-0.25, -0.2) is 0 Å². The van der Waals surface area contributed by atoms with Crippen LogP contribution in [0.5, 0.6) is 11.8 Å². The van der Waals surface area contributed by atoms with Gasteiger partial charge in [0, 0.05) is 0 Å². The van der Waals surface area contributed by atoms with Crippen LogP contribution in [0.1, 0.15) is 6.92 Å². The fourth-order valence-electron chi connectivity index (χ4n) is 0.864. The maximum atomic E-state index is 9.06. The summed E-state index contributed by atoms with van der Waals surface area (Å²) in [5, 5.41) is 11.7. The largest absolute Gasteiger partial charge is 0.481 e. The normalized spacial score (nSPS) is 12.0. The lowest BCUT2D eigenvalue weighted by Crippen LogP contribution is -2.16. The van der Waals surface area contributed by atoms with Crippen LogP contribution in [0, 0.1) is 0 Å². The van der Waals surface area contributed by atoms with Crippen LogP contribution < -0.4 is 14.8 Å². The molecule has 0 fully saturated rings. The van der Waals surface area contributed by atoms with Crippen LogP contribution in [0.2, 0.25) is 0 Å². The van der Waals surface area contributed by atoms with E-state index in [0.717, 1.165) is 0 Å². The van der Waals surface area contributed by atoms with Crippen molar-refractivity contribution in [3.05, 3.63) is 6.07 Å². The van der Waals surface area contributed by atoms with Crippen molar-refractivity contribution >= 4 is 5.95 Å². The molecular formula is C8H13N3O3. The van der Waals surface area contributed by atoms with Crippen molar-refractivity contribution in [1.29, 1.82) is 0 Å². The first-order valence-electron chi connectivity index (χ1n) is 4.07. The van der Waals surface area contributed by atoms with Gasteiger partial charge in [-0.3, -0.25) is 0 Å². The van der Waals surface area contributed by atoms with Crippen molar-refractivity contribution in [3.63, 3.8) is 0 Å². The second kappa shape index (κ2) is 4.61. The van der Waals surface area contributed by atoms with Crippen LogP contribution in [0.25, 0.3) is 0 Å². The minimum Gasteiger partial charge on any atom is -0.481 e. The van der Waals surface area contributed by atoms with Crippen LogP contribution in [0.3, 0.4) is 0 Å². The molecule has 0 aliphatic heterocycles. The molecule has 0 saturated heterocycles. The van der Waals surface area contributed by atoms with Gasteiger partial charge in [0.1, 0.15) is 6.23 Å². The van der Waals surface area contributed by atoms with E-state index in [1.165, 1.54) is 14.2 Å². The lowest BCUT2D eigenvalue weighted by molar-refractivity contribution is 0.223. The molecule has 1 aromatic rings. The highest BCUT2D eigenvalue weighted by atomic mass is 16.5. The molecule has 0 spiro atoms. The number of hydrogen-bond acceptors (Lipinski definition) is 6. The van der Waals surface area contributed by atoms with Gasteiger partial charge >= 0.3 is 0 Å². The van der Waals surface area contributed by atoms with E-state index in [4.69, 9.17) is 14.6 Å². The molecule has 0 bridgehead atoms. The number of ether oxygens (including phenoxy) is 2. The van der Waals surface area contributed by atoms with Gasteiger partial charge in [-0.2, -0.15) is 9.97 Å². The van der Waals surface area contributed by atoms with E-state index in [1.54, 1.807) is 13.0 Å². The predicted molar refractivity (Wildman–Crippen MR) is 50.4 cm³/mol. The molecule has 14 heavy (non-hydrogen) atoms. The van der Waals surface area contributed by atoms with Gasteiger partial charge in [0.05, 0.1) is 20.3 Å². The molecule has 0 aliphatic rings. The second-order valence-electron chi connectivity index (χ2n) is 2.60. The fraction of sp³-hybridized carbons (Fsp3) is 0.500. The average molecular weight is 199 g/mol. The van der Waals surface area contributed by atoms with Crippen molar-refractivity contribution in [1.82, 2.24) is 9.97 Å². The topological polar surface area (TPSA) is 76.5 Å². The monoisotopic (exact) mass is 199 g/mol. The van der Waals surface area contributed by atoms with Gasteiger partial charge in [0.25, 0.3) is 0 Å². The Morgan fingerprint density at radius 2 is 1.79 bits per heavy atom. The Labute approximate surface area is 81.9 Å². The third-order valence-electron chi connectivity index (χ3n) is 1.44. The molecule has 0 saturated carbocycles. The number of aromatic nitrogens is 2. The van der Waals surface area contributed by atoms with Crippen molar-refractivity contribution in [3.8, 4) is 11.8 Å². The molecule has 6 nitrogen and oxygen atoms in total. The molecule has 1 unspecified atom stereocenters. The van der Waals surface area contributed by atoms with Crippen LogP contribution in [0.4, 0.5) is 5.95 Å². The molecule has 78 valence electrons. The lowest BCUT2D eigenvalue weighted by atomic mass is 10.6. The molecular weight excluding hydrogens is 186 g/mol. The highest BCUT2D eigenvalue weighted by molar-refractivity contribution is 5.33. The number of aliphatic hydroxyl groups is 1. The van der Waals surface area contributed by atoms with Crippen LogP contribution in [0.15, 0.2) is 6.07 Å². The van der Waals surface area contributed by atoms with Crippen molar-refractivity contribution in [2.24, 2.45) is 0 Å². The highest BCUT2D eigenvalue weighted by Gasteiger charge is 2.06. The maximum absolute atomic E-state index is 9.06. The third kappa shape index (κ3) is 2.74. The van der Waals surface area contributed by atoms with E-state index < -0.39 is 6.23 Å². The van der Waals surface area contributed by atoms with Crippen molar-refractivity contribution < 1.29 is 14.6 Å². The number of hydrogen-bond donors (Lipinski definition) is 2. The molecule has 1 heterocycles. The van der Waals surface area contributed by atoms with Crippen molar-refractivity contribution in [2.75, 3.05) is 19.5 Å². The molecule has 1 atom stereocenters. The summed E-state index contributed by atoms with van der Waals surface area (Å²) in [5.74, 6) is 1.01. The number of methoxy groups -OCH3 is 2. The molecule has 0 radical (unpaired) electrons. The predicted octanol–water partition coefficient (Wildman–Crippen LogP) is 0.244. The standard InChI is InChI=1S/C8H13N3O3/c1-5(12)9-8-10-6(13-2)4-7(11-8)14-3/h4-5,12H,1-3H3,(H,9,10,11). The highest BCUT2D eigenvalue weighted by Crippen LogP contribution is 2.17. The zero-order chi connectivity index (χ0) is 10.6. The molecule has 0 amide bonds. The minimum absolute atomic E-state index is 0.260. The zero-order valence-corrected chi connectivity index (χ0v) is 8.31. The molecule has 1 rings (SSSR count). The van der Waals surface area contributed by atoms with E-state index >= 15 is 0 Å². The van der Waals surface area contributed by atoms with E-state index in [-0.39, 0.29) is 5.95 Å². The van der Waals surface area contributed by atoms with E-state index in [0.29, 0.717) is 11.8 Å². The number of rotatable bonds is 4. The summed E-state index contributed by atoms with van der Waals surface area (Å²) >= 11 is 0. The number of aliphatic hydroxyl groups excluding tert-OH is 1. The summed E-state index contributed by atoms with van der Waals surface area (Å²) in [7, 11) is 2.99. The first kappa shape index (κ1) is 10.5. The molecule has 2 N–H and O–H groups in total. The van der Waals surface area contributed by atoms with Gasteiger partial charge in [0.15, 0.2) is 0 Å². The van der Waals surface area contributed by atoms with Crippen LogP contribution in [-0.4, -0.2) is 35.5 Å². The summed E-state index contributed by atoms with van der Waals surface area (Å²) in [4.78, 5) is 7.91. The number of anilines is 1. The number of nitrogens with zero attached hydrogens (tertiary/aromatic N) is 2. The Balaban J connectivity index is 2.92. The van der Waals surface area contributed by atoms with Gasteiger partial charge in [-0.15, -0.1) is 0 Å². The van der Waals surface area contributed by atoms with Gasteiger partial charge in [-0.05, 0) is 6.92 Å². The quantitative estimate of drug-likeness (QED) is 0.677. The average Bonchev–Trinajstić information content (AvgIpc) is 2.16. The van der Waals surface area contributed by atoms with Crippen LogP contribution in [-0.2, 0) is 0 Å². The first-order valence-corrected chi connectivity index (χ1v) is 4.07. The summed E-state index contributed by atoms with van der Waals surface area (Å²) < 4.78 is 9.85. The maximum Gasteiger partial charge on any atom is 0.231 e. The summed E-state index contributed by atoms with van der Waals surface area (Å²) in [6.07, 6.45) is -0.730.